The standard InChI is InChI=1S/C23H23ClN4O2/c1-26-14-17(15-30-20-10-6-5-9-19(20)26)27-12-11-18-21(23(27)29)25-28(22(18)24)13-16-7-3-2-4-8-16/h2-10,17H,11-15H2,1H3/t17-/m0/s1. The van der Waals surface area contributed by atoms with E-state index in [1.54, 1.807) is 4.68 Å². The van der Waals surface area contributed by atoms with Crippen LogP contribution in [0.1, 0.15) is 21.6 Å². The number of hydrogen-bond acceptors (Lipinski definition) is 4. The van der Waals surface area contributed by atoms with E-state index in [-0.39, 0.29) is 11.9 Å². The molecule has 0 radical (unpaired) electrons. The molecule has 2 aliphatic rings. The highest BCUT2D eigenvalue weighted by molar-refractivity contribution is 6.31. The Labute approximate surface area is 180 Å². The number of carbonyl (C=O) groups is 1. The lowest BCUT2D eigenvalue weighted by Crippen LogP contribution is -2.51. The molecule has 2 aliphatic heterocycles. The van der Waals surface area contributed by atoms with Crippen molar-refractivity contribution in [2.45, 2.75) is 19.0 Å². The SMILES string of the molecule is CN1C[C@H](N2CCc3c(nn(Cc4ccccc4)c3Cl)C2=O)COc2ccccc21. The monoisotopic (exact) mass is 422 g/mol. The smallest absolute Gasteiger partial charge is 0.275 e. The third-order valence-corrected chi connectivity index (χ3v) is 6.28. The number of hydrogen-bond donors (Lipinski definition) is 0. The molecule has 0 saturated heterocycles. The van der Waals surface area contributed by atoms with Crippen molar-refractivity contribution in [3.63, 3.8) is 0 Å². The number of nitrogens with zero attached hydrogens (tertiary/aromatic N) is 4. The van der Waals surface area contributed by atoms with Crippen LogP contribution in [0.3, 0.4) is 0 Å². The van der Waals surface area contributed by atoms with E-state index in [0.717, 1.165) is 22.6 Å². The van der Waals surface area contributed by atoms with Crippen LogP contribution >= 0.6 is 11.6 Å². The summed E-state index contributed by atoms with van der Waals surface area (Å²) in [5.74, 6) is 0.778. The highest BCUT2D eigenvalue weighted by Gasteiger charge is 2.36. The van der Waals surface area contributed by atoms with Gasteiger partial charge in [-0.1, -0.05) is 54.1 Å². The van der Waals surface area contributed by atoms with Gasteiger partial charge in [-0.05, 0) is 24.1 Å². The Morgan fingerprint density at radius 2 is 1.90 bits per heavy atom. The molecule has 0 bridgehead atoms. The number of carbonyl (C=O) groups excluding carboxylic acids is 1. The maximum Gasteiger partial charge on any atom is 0.275 e. The number of fused-ring (bicyclic) bond motifs is 2. The van der Waals surface area contributed by atoms with Crippen LogP contribution in [-0.4, -0.2) is 53.4 Å². The van der Waals surface area contributed by atoms with Gasteiger partial charge in [0.05, 0.1) is 18.3 Å². The van der Waals surface area contributed by atoms with Gasteiger partial charge in [0.1, 0.15) is 17.5 Å². The predicted octanol–water partition coefficient (Wildman–Crippen LogP) is 3.48. The molecular formula is C23H23ClN4O2. The lowest BCUT2D eigenvalue weighted by molar-refractivity contribution is 0.0604. The third-order valence-electron chi connectivity index (χ3n) is 5.86. The van der Waals surface area contributed by atoms with Crippen LogP contribution in [-0.2, 0) is 13.0 Å². The van der Waals surface area contributed by atoms with Crippen molar-refractivity contribution in [2.24, 2.45) is 0 Å². The number of halogens is 1. The molecule has 1 amide bonds. The van der Waals surface area contributed by atoms with Crippen molar-refractivity contribution in [3.8, 4) is 5.75 Å². The first-order valence-electron chi connectivity index (χ1n) is 10.1. The molecule has 7 heteroatoms. The number of likely N-dealkylation sites (N-methyl/N-ethyl adjacent to an activating group) is 1. The molecule has 0 aliphatic carbocycles. The number of aromatic nitrogens is 2. The molecule has 1 atom stereocenters. The zero-order chi connectivity index (χ0) is 20.7. The van der Waals surface area contributed by atoms with Crippen molar-refractivity contribution in [1.29, 1.82) is 0 Å². The number of rotatable bonds is 3. The van der Waals surface area contributed by atoms with E-state index in [2.05, 4.69) is 10.00 Å². The van der Waals surface area contributed by atoms with E-state index in [1.165, 1.54) is 0 Å². The summed E-state index contributed by atoms with van der Waals surface area (Å²) in [6.45, 7) is 2.32. The summed E-state index contributed by atoms with van der Waals surface area (Å²) < 4.78 is 7.77. The third kappa shape index (κ3) is 3.31. The molecule has 0 fully saturated rings. The van der Waals surface area contributed by atoms with Crippen LogP contribution in [0.15, 0.2) is 54.6 Å². The predicted molar refractivity (Wildman–Crippen MR) is 117 cm³/mol. The summed E-state index contributed by atoms with van der Waals surface area (Å²) in [6, 6.07) is 17.9. The fourth-order valence-electron chi connectivity index (χ4n) is 4.29. The first kappa shape index (κ1) is 19.0. The highest BCUT2D eigenvalue weighted by atomic mass is 35.5. The Hall–Kier alpha value is -2.99. The minimum Gasteiger partial charge on any atom is -0.489 e. The Bertz CT molecular complexity index is 1080. The minimum absolute atomic E-state index is 0.0545. The fraction of sp³-hybridized carbons (Fsp3) is 0.304. The zero-order valence-corrected chi connectivity index (χ0v) is 17.5. The van der Waals surface area contributed by atoms with E-state index >= 15 is 0 Å². The van der Waals surface area contributed by atoms with Gasteiger partial charge < -0.3 is 14.5 Å². The number of para-hydroxylation sites is 2. The molecule has 0 saturated carbocycles. The van der Waals surface area contributed by atoms with Gasteiger partial charge in [-0.15, -0.1) is 0 Å². The van der Waals surface area contributed by atoms with Gasteiger partial charge in [0.15, 0.2) is 5.69 Å². The van der Waals surface area contributed by atoms with Gasteiger partial charge in [-0.25, -0.2) is 4.68 Å². The van der Waals surface area contributed by atoms with Crippen molar-refractivity contribution in [3.05, 3.63) is 76.6 Å². The first-order valence-corrected chi connectivity index (χ1v) is 10.5. The molecule has 1 aromatic heterocycles. The molecule has 30 heavy (non-hydrogen) atoms. The number of amides is 1. The summed E-state index contributed by atoms with van der Waals surface area (Å²) >= 11 is 6.60. The summed E-state index contributed by atoms with van der Waals surface area (Å²) in [4.78, 5) is 17.4. The van der Waals surface area contributed by atoms with Gasteiger partial charge >= 0.3 is 0 Å². The second kappa shape index (κ2) is 7.69. The zero-order valence-electron chi connectivity index (χ0n) is 16.8. The average molecular weight is 423 g/mol. The molecule has 5 rings (SSSR count). The molecule has 154 valence electrons. The van der Waals surface area contributed by atoms with Crippen molar-refractivity contribution < 1.29 is 9.53 Å². The van der Waals surface area contributed by atoms with Gasteiger partial charge in [0.2, 0.25) is 0 Å². The fourth-order valence-corrected chi connectivity index (χ4v) is 4.57. The Balaban J connectivity index is 1.38. The normalized spacial score (nSPS) is 18.5. The second-order valence-electron chi connectivity index (χ2n) is 7.82. The summed E-state index contributed by atoms with van der Waals surface area (Å²) in [5.41, 5.74) is 3.45. The van der Waals surface area contributed by atoms with Gasteiger partial charge in [0, 0.05) is 25.7 Å². The Morgan fingerprint density at radius 3 is 2.73 bits per heavy atom. The topological polar surface area (TPSA) is 50.6 Å². The second-order valence-corrected chi connectivity index (χ2v) is 8.18. The summed E-state index contributed by atoms with van der Waals surface area (Å²) in [7, 11) is 2.03. The van der Waals surface area contributed by atoms with Gasteiger partial charge in [-0.3, -0.25) is 4.79 Å². The number of ether oxygens (including phenoxy) is 1. The highest BCUT2D eigenvalue weighted by Crippen LogP contribution is 2.32. The van der Waals surface area contributed by atoms with Crippen LogP contribution in [0.2, 0.25) is 5.15 Å². The van der Waals surface area contributed by atoms with Gasteiger partial charge in [-0.2, -0.15) is 5.10 Å². The summed E-state index contributed by atoms with van der Waals surface area (Å²) in [5, 5.41) is 5.15. The molecule has 0 unspecified atom stereocenters. The van der Waals surface area contributed by atoms with Crippen molar-refractivity contribution in [2.75, 3.05) is 31.6 Å². The van der Waals surface area contributed by atoms with Crippen LogP contribution in [0.5, 0.6) is 5.75 Å². The number of anilines is 1. The maximum absolute atomic E-state index is 13.3. The molecule has 6 nitrogen and oxygen atoms in total. The molecule has 2 aromatic carbocycles. The first-order chi connectivity index (χ1) is 14.6. The van der Waals surface area contributed by atoms with E-state index in [4.69, 9.17) is 16.3 Å². The minimum atomic E-state index is -0.0714. The molecule has 0 N–H and O–H groups in total. The Kier molecular flexibility index (Phi) is 4.87. The van der Waals surface area contributed by atoms with E-state index < -0.39 is 0 Å². The molecule has 3 aromatic rings. The molecular weight excluding hydrogens is 400 g/mol. The van der Waals surface area contributed by atoms with Crippen molar-refractivity contribution >= 4 is 23.2 Å². The molecule has 3 heterocycles. The van der Waals surface area contributed by atoms with Crippen molar-refractivity contribution in [1.82, 2.24) is 14.7 Å². The van der Waals surface area contributed by atoms with Crippen LogP contribution in [0, 0.1) is 0 Å². The van der Waals surface area contributed by atoms with Crippen LogP contribution in [0.25, 0.3) is 0 Å². The van der Waals surface area contributed by atoms with E-state index in [9.17, 15) is 4.79 Å². The lowest BCUT2D eigenvalue weighted by atomic mass is 10.0. The summed E-state index contributed by atoms with van der Waals surface area (Å²) in [6.07, 6.45) is 0.696. The van der Waals surface area contributed by atoms with Crippen LogP contribution in [0.4, 0.5) is 5.69 Å². The van der Waals surface area contributed by atoms with E-state index in [1.807, 2.05) is 66.5 Å². The molecule has 0 spiro atoms. The van der Waals surface area contributed by atoms with Crippen LogP contribution < -0.4 is 9.64 Å². The quantitative estimate of drug-likeness (QED) is 0.648. The van der Waals surface area contributed by atoms with Gasteiger partial charge in [0.25, 0.3) is 5.91 Å². The largest absolute Gasteiger partial charge is 0.489 e. The number of benzene rings is 2. The Morgan fingerprint density at radius 1 is 1.13 bits per heavy atom. The maximum atomic E-state index is 13.3. The lowest BCUT2D eigenvalue weighted by Gasteiger charge is -2.34. The average Bonchev–Trinajstić information content (AvgIpc) is 2.98. The van der Waals surface area contributed by atoms with E-state index in [0.29, 0.717) is 43.5 Å².